The maximum absolute atomic E-state index is 11.3. The summed E-state index contributed by atoms with van der Waals surface area (Å²) in [7, 11) is 1.39. The maximum Gasteiger partial charge on any atom is 0.310 e. The summed E-state index contributed by atoms with van der Waals surface area (Å²) >= 11 is 0. The molecule has 1 rings (SSSR count). The Bertz CT molecular complexity index is 222. The Kier molecular flexibility index (Phi) is 3.56. The first-order chi connectivity index (χ1) is 6.29. The van der Waals surface area contributed by atoms with E-state index in [1.807, 2.05) is 6.19 Å². The van der Waals surface area contributed by atoms with Gasteiger partial charge in [-0.25, -0.2) is 0 Å². The van der Waals surface area contributed by atoms with E-state index in [0.717, 1.165) is 25.7 Å². The third-order valence-corrected chi connectivity index (χ3v) is 2.52. The molecule has 0 aromatic heterocycles. The van der Waals surface area contributed by atoms with Crippen LogP contribution in [0.25, 0.3) is 0 Å². The molecule has 0 aromatic rings. The molecule has 1 aliphatic rings. The standard InChI is InChI=1S/C9H14N2O2/c1-13-9(12)7-4-2-3-5-8(7)11-6-10/h7-8,11H,2-5H2,1H3. The lowest BCUT2D eigenvalue weighted by molar-refractivity contribution is -0.147. The summed E-state index contributed by atoms with van der Waals surface area (Å²) in [5.74, 6) is -0.342. The number of hydrogen-bond acceptors (Lipinski definition) is 4. The molecule has 2 unspecified atom stereocenters. The molecule has 1 N–H and O–H groups in total. The Balaban J connectivity index is 2.57. The van der Waals surface area contributed by atoms with Crippen LogP contribution in [0.15, 0.2) is 0 Å². The summed E-state index contributed by atoms with van der Waals surface area (Å²) in [5.41, 5.74) is 0. The highest BCUT2D eigenvalue weighted by Crippen LogP contribution is 2.25. The van der Waals surface area contributed by atoms with Gasteiger partial charge in [-0.1, -0.05) is 12.8 Å². The lowest BCUT2D eigenvalue weighted by atomic mass is 9.84. The molecular weight excluding hydrogens is 168 g/mol. The number of rotatable bonds is 2. The van der Waals surface area contributed by atoms with Crippen LogP contribution in [-0.2, 0) is 9.53 Å². The van der Waals surface area contributed by atoms with E-state index in [2.05, 4.69) is 10.1 Å². The highest BCUT2D eigenvalue weighted by atomic mass is 16.5. The van der Waals surface area contributed by atoms with Gasteiger partial charge >= 0.3 is 5.97 Å². The Morgan fingerprint density at radius 3 is 2.85 bits per heavy atom. The first-order valence-corrected chi connectivity index (χ1v) is 4.52. The highest BCUT2D eigenvalue weighted by molar-refractivity contribution is 5.73. The third kappa shape index (κ3) is 2.35. The van der Waals surface area contributed by atoms with Crippen LogP contribution in [0, 0.1) is 17.4 Å². The van der Waals surface area contributed by atoms with Gasteiger partial charge in [0.1, 0.15) is 0 Å². The van der Waals surface area contributed by atoms with Crippen LogP contribution in [-0.4, -0.2) is 19.1 Å². The van der Waals surface area contributed by atoms with Crippen molar-refractivity contribution in [3.05, 3.63) is 0 Å². The molecule has 4 heteroatoms. The first kappa shape index (κ1) is 9.85. The molecule has 2 atom stereocenters. The molecule has 13 heavy (non-hydrogen) atoms. The van der Waals surface area contributed by atoms with Gasteiger partial charge < -0.3 is 10.1 Å². The molecule has 72 valence electrons. The molecular formula is C9H14N2O2. The van der Waals surface area contributed by atoms with Crippen molar-refractivity contribution in [2.45, 2.75) is 31.7 Å². The fourth-order valence-electron chi connectivity index (χ4n) is 1.82. The van der Waals surface area contributed by atoms with Gasteiger partial charge in [0, 0.05) is 6.04 Å². The Labute approximate surface area is 77.9 Å². The van der Waals surface area contributed by atoms with E-state index < -0.39 is 0 Å². The number of carbonyl (C=O) groups is 1. The van der Waals surface area contributed by atoms with Gasteiger partial charge in [0.05, 0.1) is 13.0 Å². The fraction of sp³-hybridized carbons (Fsp3) is 0.778. The summed E-state index contributed by atoms with van der Waals surface area (Å²) in [4.78, 5) is 11.3. The van der Waals surface area contributed by atoms with E-state index in [0.29, 0.717) is 0 Å². The molecule has 4 nitrogen and oxygen atoms in total. The number of carbonyl (C=O) groups excluding carboxylic acids is 1. The molecule has 0 amide bonds. The summed E-state index contributed by atoms with van der Waals surface area (Å²) < 4.78 is 4.68. The third-order valence-electron chi connectivity index (χ3n) is 2.52. The van der Waals surface area contributed by atoms with E-state index in [-0.39, 0.29) is 17.9 Å². The quantitative estimate of drug-likeness (QED) is 0.389. The molecule has 0 aromatic carbocycles. The largest absolute Gasteiger partial charge is 0.469 e. The summed E-state index contributed by atoms with van der Waals surface area (Å²) in [6.45, 7) is 0. The Morgan fingerprint density at radius 1 is 1.54 bits per heavy atom. The van der Waals surface area contributed by atoms with Crippen molar-refractivity contribution in [2.24, 2.45) is 5.92 Å². The zero-order valence-electron chi connectivity index (χ0n) is 7.75. The predicted molar refractivity (Wildman–Crippen MR) is 46.5 cm³/mol. The Morgan fingerprint density at radius 2 is 2.23 bits per heavy atom. The van der Waals surface area contributed by atoms with Gasteiger partial charge in [0.25, 0.3) is 0 Å². The smallest absolute Gasteiger partial charge is 0.310 e. The molecule has 0 radical (unpaired) electrons. The van der Waals surface area contributed by atoms with Crippen LogP contribution in [0.5, 0.6) is 0 Å². The van der Waals surface area contributed by atoms with Crippen molar-refractivity contribution >= 4 is 5.97 Å². The number of hydrogen-bond donors (Lipinski definition) is 1. The number of nitriles is 1. The van der Waals surface area contributed by atoms with E-state index in [1.165, 1.54) is 7.11 Å². The minimum Gasteiger partial charge on any atom is -0.469 e. The number of nitrogens with one attached hydrogen (secondary N) is 1. The lowest BCUT2D eigenvalue weighted by Crippen LogP contribution is -2.40. The lowest BCUT2D eigenvalue weighted by Gasteiger charge is -2.28. The molecule has 0 aliphatic heterocycles. The molecule has 0 spiro atoms. The normalized spacial score (nSPS) is 27.4. The van der Waals surface area contributed by atoms with Crippen molar-refractivity contribution < 1.29 is 9.53 Å². The summed E-state index contributed by atoms with van der Waals surface area (Å²) in [6.07, 6.45) is 5.72. The molecule has 1 aliphatic carbocycles. The predicted octanol–water partition coefficient (Wildman–Crippen LogP) is 0.789. The average molecular weight is 182 g/mol. The fourth-order valence-corrected chi connectivity index (χ4v) is 1.82. The summed E-state index contributed by atoms with van der Waals surface area (Å²) in [5, 5.41) is 11.1. The van der Waals surface area contributed by atoms with Crippen LogP contribution in [0.4, 0.5) is 0 Å². The first-order valence-electron chi connectivity index (χ1n) is 4.52. The number of esters is 1. The van der Waals surface area contributed by atoms with Crippen molar-refractivity contribution in [3.63, 3.8) is 0 Å². The van der Waals surface area contributed by atoms with Crippen LogP contribution < -0.4 is 5.32 Å². The highest BCUT2D eigenvalue weighted by Gasteiger charge is 2.31. The van der Waals surface area contributed by atoms with Crippen LogP contribution in [0.1, 0.15) is 25.7 Å². The number of nitrogens with zero attached hydrogens (tertiary/aromatic N) is 1. The van der Waals surface area contributed by atoms with Crippen molar-refractivity contribution in [1.29, 1.82) is 5.26 Å². The average Bonchev–Trinajstić information content (AvgIpc) is 2.18. The second kappa shape index (κ2) is 4.70. The van der Waals surface area contributed by atoms with Gasteiger partial charge in [-0.05, 0) is 12.8 Å². The topological polar surface area (TPSA) is 62.1 Å². The minimum absolute atomic E-state index is 0.0220. The van der Waals surface area contributed by atoms with E-state index in [9.17, 15) is 4.79 Å². The van der Waals surface area contributed by atoms with Gasteiger partial charge in [-0.15, -0.1) is 0 Å². The van der Waals surface area contributed by atoms with Crippen LogP contribution in [0.2, 0.25) is 0 Å². The van der Waals surface area contributed by atoms with Gasteiger partial charge in [-0.3, -0.25) is 4.79 Å². The maximum atomic E-state index is 11.3. The van der Waals surface area contributed by atoms with Crippen molar-refractivity contribution in [1.82, 2.24) is 5.32 Å². The van der Waals surface area contributed by atoms with Gasteiger partial charge in [0.2, 0.25) is 0 Å². The summed E-state index contributed by atoms with van der Waals surface area (Å²) in [6, 6.07) is -0.0220. The van der Waals surface area contributed by atoms with Crippen molar-refractivity contribution in [3.8, 4) is 6.19 Å². The Hall–Kier alpha value is -1.24. The minimum atomic E-state index is -0.201. The molecule has 0 heterocycles. The van der Waals surface area contributed by atoms with E-state index >= 15 is 0 Å². The number of ether oxygens (including phenoxy) is 1. The zero-order valence-corrected chi connectivity index (χ0v) is 7.75. The number of methoxy groups -OCH3 is 1. The molecule has 0 saturated heterocycles. The van der Waals surface area contributed by atoms with Crippen LogP contribution >= 0.6 is 0 Å². The SMILES string of the molecule is COC(=O)C1CCCCC1NC#N. The molecule has 0 bridgehead atoms. The van der Waals surface area contributed by atoms with Crippen molar-refractivity contribution in [2.75, 3.05) is 7.11 Å². The molecule has 1 saturated carbocycles. The van der Waals surface area contributed by atoms with Gasteiger partial charge in [-0.2, -0.15) is 5.26 Å². The second-order valence-corrected chi connectivity index (χ2v) is 3.28. The monoisotopic (exact) mass is 182 g/mol. The van der Waals surface area contributed by atoms with Crippen LogP contribution in [0.3, 0.4) is 0 Å². The van der Waals surface area contributed by atoms with Gasteiger partial charge in [0.15, 0.2) is 6.19 Å². The molecule has 1 fully saturated rings. The second-order valence-electron chi connectivity index (χ2n) is 3.28. The van der Waals surface area contributed by atoms with E-state index in [4.69, 9.17) is 5.26 Å². The zero-order chi connectivity index (χ0) is 9.68. The van der Waals surface area contributed by atoms with E-state index in [1.54, 1.807) is 0 Å².